The average molecular weight is 395 g/mol. The zero-order valence-corrected chi connectivity index (χ0v) is 15.3. The Balaban J connectivity index is 1.54. The standard InChI is InChI=1S/C18H16ClFN2O3S/c19-15-3-1-2-4-17(15)26(23,24)22-9-7-12(8-10-22)18-14-6-5-13(20)11-16(14)25-21-18/h1-6,11-12H,7-10H2. The SMILES string of the molecule is O=S(=O)(c1ccccc1Cl)N1CCC(c2noc3cc(F)ccc23)CC1. The van der Waals surface area contributed by atoms with Gasteiger partial charge in [0, 0.05) is 30.5 Å². The van der Waals surface area contributed by atoms with E-state index in [2.05, 4.69) is 5.16 Å². The predicted molar refractivity (Wildman–Crippen MR) is 96.2 cm³/mol. The van der Waals surface area contributed by atoms with Crippen molar-refractivity contribution in [1.82, 2.24) is 9.46 Å². The molecule has 0 N–H and O–H groups in total. The van der Waals surface area contributed by atoms with Gasteiger partial charge in [0.25, 0.3) is 0 Å². The molecule has 1 aliphatic heterocycles. The lowest BCUT2D eigenvalue weighted by Gasteiger charge is -2.30. The first-order chi connectivity index (χ1) is 12.5. The van der Waals surface area contributed by atoms with Crippen LogP contribution in [0.15, 0.2) is 51.9 Å². The molecule has 0 aliphatic carbocycles. The summed E-state index contributed by atoms with van der Waals surface area (Å²) in [5, 5.41) is 5.09. The molecule has 1 saturated heterocycles. The van der Waals surface area contributed by atoms with Crippen LogP contribution in [0.4, 0.5) is 4.39 Å². The molecule has 3 aromatic rings. The van der Waals surface area contributed by atoms with Crippen LogP contribution >= 0.6 is 11.6 Å². The van der Waals surface area contributed by atoms with Gasteiger partial charge in [-0.25, -0.2) is 12.8 Å². The number of aromatic nitrogens is 1. The van der Waals surface area contributed by atoms with Crippen LogP contribution in [0.1, 0.15) is 24.5 Å². The molecule has 26 heavy (non-hydrogen) atoms. The van der Waals surface area contributed by atoms with Crippen LogP contribution < -0.4 is 0 Å². The highest BCUT2D eigenvalue weighted by Gasteiger charge is 2.32. The second-order valence-electron chi connectivity index (χ2n) is 6.32. The summed E-state index contributed by atoms with van der Waals surface area (Å²) in [6.45, 7) is 0.738. The number of fused-ring (bicyclic) bond motifs is 1. The number of hydrogen-bond donors (Lipinski definition) is 0. The summed E-state index contributed by atoms with van der Waals surface area (Å²) < 4.78 is 45.6. The molecule has 0 unspecified atom stereocenters. The fraction of sp³-hybridized carbons (Fsp3) is 0.278. The van der Waals surface area contributed by atoms with Crippen LogP contribution in [-0.2, 0) is 10.0 Å². The van der Waals surface area contributed by atoms with E-state index in [1.165, 1.54) is 22.5 Å². The lowest BCUT2D eigenvalue weighted by molar-refractivity contribution is 0.310. The normalized spacial score (nSPS) is 17.0. The maximum atomic E-state index is 13.3. The van der Waals surface area contributed by atoms with Crippen molar-refractivity contribution in [2.45, 2.75) is 23.7 Å². The second-order valence-corrected chi connectivity index (χ2v) is 8.63. The third kappa shape index (κ3) is 3.00. The van der Waals surface area contributed by atoms with Crippen molar-refractivity contribution < 1.29 is 17.3 Å². The Morgan fingerprint density at radius 3 is 2.62 bits per heavy atom. The molecular formula is C18H16ClFN2O3S. The van der Waals surface area contributed by atoms with Gasteiger partial charge in [-0.05, 0) is 37.1 Å². The number of benzene rings is 2. The first-order valence-corrected chi connectivity index (χ1v) is 10.1. The molecule has 0 saturated carbocycles. The van der Waals surface area contributed by atoms with Gasteiger partial charge in [0.2, 0.25) is 10.0 Å². The van der Waals surface area contributed by atoms with Crippen molar-refractivity contribution in [3.63, 3.8) is 0 Å². The summed E-state index contributed by atoms with van der Waals surface area (Å²) in [5.41, 5.74) is 1.17. The quantitative estimate of drug-likeness (QED) is 0.668. The van der Waals surface area contributed by atoms with Gasteiger partial charge < -0.3 is 4.52 Å². The predicted octanol–water partition coefficient (Wildman–Crippen LogP) is 4.19. The maximum Gasteiger partial charge on any atom is 0.244 e. The Hall–Kier alpha value is -1.96. The molecule has 0 spiro atoms. The number of halogens is 2. The smallest absolute Gasteiger partial charge is 0.244 e. The van der Waals surface area contributed by atoms with Crippen molar-refractivity contribution >= 4 is 32.6 Å². The summed E-state index contributed by atoms with van der Waals surface area (Å²) in [6, 6.07) is 10.8. The van der Waals surface area contributed by atoms with Crippen LogP contribution in [0.3, 0.4) is 0 Å². The zero-order valence-electron chi connectivity index (χ0n) is 13.7. The zero-order chi connectivity index (χ0) is 18.3. The molecule has 136 valence electrons. The minimum atomic E-state index is -3.63. The molecule has 2 aromatic carbocycles. The van der Waals surface area contributed by atoms with Crippen LogP contribution in [0.5, 0.6) is 0 Å². The number of sulfonamides is 1. The van der Waals surface area contributed by atoms with Crippen LogP contribution in [-0.4, -0.2) is 31.0 Å². The number of hydrogen-bond acceptors (Lipinski definition) is 4. The largest absolute Gasteiger partial charge is 0.356 e. The van der Waals surface area contributed by atoms with Crippen molar-refractivity contribution in [2.75, 3.05) is 13.1 Å². The first-order valence-electron chi connectivity index (χ1n) is 8.26. The van der Waals surface area contributed by atoms with E-state index in [0.29, 0.717) is 31.5 Å². The van der Waals surface area contributed by atoms with E-state index >= 15 is 0 Å². The van der Waals surface area contributed by atoms with Gasteiger partial charge in [-0.15, -0.1) is 0 Å². The molecule has 0 atom stereocenters. The van der Waals surface area contributed by atoms with Crippen LogP contribution in [0.25, 0.3) is 11.0 Å². The molecule has 0 amide bonds. The van der Waals surface area contributed by atoms with Gasteiger partial charge >= 0.3 is 0 Å². The molecule has 5 nitrogen and oxygen atoms in total. The fourth-order valence-corrected chi connectivity index (χ4v) is 5.35. The van der Waals surface area contributed by atoms with E-state index in [-0.39, 0.29) is 21.7 Å². The van der Waals surface area contributed by atoms with Crippen LogP contribution in [0.2, 0.25) is 5.02 Å². The molecule has 4 rings (SSSR count). The van der Waals surface area contributed by atoms with E-state index in [0.717, 1.165) is 11.1 Å². The summed E-state index contributed by atoms with van der Waals surface area (Å²) >= 11 is 6.06. The lowest BCUT2D eigenvalue weighted by Crippen LogP contribution is -2.38. The van der Waals surface area contributed by atoms with Crippen molar-refractivity contribution in [3.8, 4) is 0 Å². The average Bonchev–Trinajstić information content (AvgIpc) is 3.05. The Kier molecular flexibility index (Phi) is 4.46. The summed E-state index contributed by atoms with van der Waals surface area (Å²) in [7, 11) is -3.63. The molecular weight excluding hydrogens is 379 g/mol. The van der Waals surface area contributed by atoms with Gasteiger partial charge in [-0.2, -0.15) is 4.31 Å². The van der Waals surface area contributed by atoms with Gasteiger partial charge in [-0.3, -0.25) is 0 Å². The summed E-state index contributed by atoms with van der Waals surface area (Å²) in [6.07, 6.45) is 1.23. The monoisotopic (exact) mass is 394 g/mol. The summed E-state index contributed by atoms with van der Waals surface area (Å²) in [5.74, 6) is -0.305. The lowest BCUT2D eigenvalue weighted by atomic mass is 9.92. The highest BCUT2D eigenvalue weighted by Crippen LogP contribution is 2.35. The first kappa shape index (κ1) is 17.5. The van der Waals surface area contributed by atoms with E-state index in [9.17, 15) is 12.8 Å². The maximum absolute atomic E-state index is 13.3. The van der Waals surface area contributed by atoms with Gasteiger partial charge in [0.15, 0.2) is 5.58 Å². The highest BCUT2D eigenvalue weighted by atomic mass is 35.5. The number of nitrogens with zero attached hydrogens (tertiary/aromatic N) is 2. The fourth-order valence-electron chi connectivity index (χ4n) is 3.39. The van der Waals surface area contributed by atoms with Crippen molar-refractivity contribution in [1.29, 1.82) is 0 Å². The van der Waals surface area contributed by atoms with E-state index in [4.69, 9.17) is 16.1 Å². The Morgan fingerprint density at radius 2 is 1.88 bits per heavy atom. The van der Waals surface area contributed by atoms with E-state index < -0.39 is 10.0 Å². The van der Waals surface area contributed by atoms with E-state index in [1.807, 2.05) is 0 Å². The minimum absolute atomic E-state index is 0.0689. The molecule has 0 radical (unpaired) electrons. The topological polar surface area (TPSA) is 63.4 Å². The van der Waals surface area contributed by atoms with E-state index in [1.54, 1.807) is 24.3 Å². The molecule has 1 aromatic heterocycles. The Morgan fingerprint density at radius 1 is 1.15 bits per heavy atom. The van der Waals surface area contributed by atoms with Crippen LogP contribution in [0, 0.1) is 5.82 Å². The molecule has 2 heterocycles. The van der Waals surface area contributed by atoms with Crippen molar-refractivity contribution in [3.05, 3.63) is 59.0 Å². The van der Waals surface area contributed by atoms with Crippen molar-refractivity contribution in [2.24, 2.45) is 0 Å². The molecule has 1 aliphatic rings. The molecule has 1 fully saturated rings. The second kappa shape index (κ2) is 6.64. The highest BCUT2D eigenvalue weighted by molar-refractivity contribution is 7.89. The minimum Gasteiger partial charge on any atom is -0.356 e. The third-order valence-corrected chi connectivity index (χ3v) is 7.16. The molecule has 8 heteroatoms. The molecule has 0 bridgehead atoms. The number of rotatable bonds is 3. The summed E-state index contributed by atoms with van der Waals surface area (Å²) in [4.78, 5) is 0.127. The Labute approximate surface area is 155 Å². The number of piperidine rings is 1. The Bertz CT molecular complexity index is 1060. The van der Waals surface area contributed by atoms with Gasteiger partial charge in [0.05, 0.1) is 10.7 Å². The van der Waals surface area contributed by atoms with Gasteiger partial charge in [0.1, 0.15) is 10.7 Å². The van der Waals surface area contributed by atoms with Gasteiger partial charge in [-0.1, -0.05) is 28.9 Å². The third-order valence-electron chi connectivity index (χ3n) is 4.76.